The Hall–Kier alpha value is -1.72. The quantitative estimate of drug-likeness (QED) is 0.934. The zero-order chi connectivity index (χ0) is 14.9. The first kappa shape index (κ1) is 16.6. The standard InChI is InChI=1S/C16H18N2O2S.ClH/c1-21(19,20)14-8-6-13(7-9-14)12-18-11-10-17-15-4-2-3-5-16(15)18;/h2-9,17H,10-12H2,1H3;1H. The molecular weight excluding hydrogens is 320 g/mol. The largest absolute Gasteiger partial charge is 0.382 e. The summed E-state index contributed by atoms with van der Waals surface area (Å²) in [5.74, 6) is 0. The van der Waals surface area contributed by atoms with Crippen molar-refractivity contribution in [2.75, 3.05) is 29.6 Å². The predicted octanol–water partition coefficient (Wildman–Crippen LogP) is 2.94. The van der Waals surface area contributed by atoms with Crippen LogP contribution in [0.2, 0.25) is 0 Å². The summed E-state index contributed by atoms with van der Waals surface area (Å²) in [5, 5.41) is 3.39. The van der Waals surface area contributed by atoms with Crippen LogP contribution in [0.15, 0.2) is 53.4 Å². The smallest absolute Gasteiger partial charge is 0.175 e. The zero-order valence-electron chi connectivity index (χ0n) is 12.3. The minimum Gasteiger partial charge on any atom is -0.382 e. The van der Waals surface area contributed by atoms with E-state index in [0.717, 1.165) is 30.9 Å². The van der Waals surface area contributed by atoms with E-state index < -0.39 is 9.84 Å². The molecule has 118 valence electrons. The third-order valence-electron chi connectivity index (χ3n) is 3.67. The summed E-state index contributed by atoms with van der Waals surface area (Å²) < 4.78 is 23.0. The Labute approximate surface area is 137 Å². The summed E-state index contributed by atoms with van der Waals surface area (Å²) in [6, 6.07) is 15.4. The molecule has 2 aromatic rings. The molecule has 0 spiro atoms. The third-order valence-corrected chi connectivity index (χ3v) is 4.80. The van der Waals surface area contributed by atoms with Gasteiger partial charge in [0.05, 0.1) is 16.3 Å². The van der Waals surface area contributed by atoms with Crippen LogP contribution >= 0.6 is 12.4 Å². The van der Waals surface area contributed by atoms with E-state index >= 15 is 0 Å². The van der Waals surface area contributed by atoms with Crippen LogP contribution in [0.25, 0.3) is 0 Å². The highest BCUT2D eigenvalue weighted by Gasteiger charge is 2.16. The number of hydrogen-bond acceptors (Lipinski definition) is 4. The van der Waals surface area contributed by atoms with Crippen molar-refractivity contribution in [1.29, 1.82) is 0 Å². The summed E-state index contributed by atoms with van der Waals surface area (Å²) in [6.45, 7) is 2.63. The summed E-state index contributed by atoms with van der Waals surface area (Å²) in [7, 11) is -3.12. The van der Waals surface area contributed by atoms with Crippen molar-refractivity contribution in [2.24, 2.45) is 0 Å². The van der Waals surface area contributed by atoms with Gasteiger partial charge in [0.1, 0.15) is 0 Å². The molecule has 0 saturated heterocycles. The molecule has 0 aromatic heterocycles. The summed E-state index contributed by atoms with van der Waals surface area (Å²) in [4.78, 5) is 2.67. The highest BCUT2D eigenvalue weighted by molar-refractivity contribution is 7.90. The van der Waals surface area contributed by atoms with Crippen molar-refractivity contribution in [2.45, 2.75) is 11.4 Å². The fraction of sp³-hybridized carbons (Fsp3) is 0.250. The van der Waals surface area contributed by atoms with Gasteiger partial charge in [-0.1, -0.05) is 24.3 Å². The van der Waals surface area contributed by atoms with Gasteiger partial charge in [0, 0.05) is 25.9 Å². The minimum absolute atomic E-state index is 0. The number of nitrogens with one attached hydrogen (secondary N) is 1. The first-order valence-electron chi connectivity index (χ1n) is 6.91. The second-order valence-electron chi connectivity index (χ2n) is 5.28. The fourth-order valence-electron chi connectivity index (χ4n) is 2.57. The minimum atomic E-state index is -3.12. The van der Waals surface area contributed by atoms with Gasteiger partial charge in [0.15, 0.2) is 9.84 Å². The Morgan fingerprint density at radius 1 is 1.09 bits per heavy atom. The molecule has 1 aliphatic rings. The molecule has 3 rings (SSSR count). The first-order valence-corrected chi connectivity index (χ1v) is 8.80. The molecule has 0 saturated carbocycles. The molecule has 1 N–H and O–H groups in total. The fourth-order valence-corrected chi connectivity index (χ4v) is 3.20. The summed E-state index contributed by atoms with van der Waals surface area (Å²) >= 11 is 0. The lowest BCUT2D eigenvalue weighted by molar-refractivity contribution is 0.602. The molecular formula is C16H19ClN2O2S. The molecule has 0 radical (unpaired) electrons. The number of benzene rings is 2. The van der Waals surface area contributed by atoms with E-state index in [0.29, 0.717) is 4.90 Å². The Morgan fingerprint density at radius 2 is 1.77 bits per heavy atom. The maximum Gasteiger partial charge on any atom is 0.175 e. The van der Waals surface area contributed by atoms with Gasteiger partial charge < -0.3 is 10.2 Å². The van der Waals surface area contributed by atoms with E-state index in [9.17, 15) is 8.42 Å². The number of sulfone groups is 1. The van der Waals surface area contributed by atoms with Crippen LogP contribution in [-0.2, 0) is 16.4 Å². The molecule has 1 heterocycles. The van der Waals surface area contributed by atoms with E-state index in [4.69, 9.17) is 0 Å². The van der Waals surface area contributed by atoms with Gasteiger partial charge in [-0.05, 0) is 29.8 Å². The van der Waals surface area contributed by atoms with Gasteiger partial charge in [-0.3, -0.25) is 0 Å². The van der Waals surface area contributed by atoms with Crippen LogP contribution in [0.1, 0.15) is 5.56 Å². The Morgan fingerprint density at radius 3 is 2.45 bits per heavy atom. The number of rotatable bonds is 3. The molecule has 6 heteroatoms. The van der Waals surface area contributed by atoms with Gasteiger partial charge in [-0.2, -0.15) is 0 Å². The summed E-state index contributed by atoms with van der Waals surface area (Å²) in [5.41, 5.74) is 3.45. The molecule has 22 heavy (non-hydrogen) atoms. The van der Waals surface area contributed by atoms with E-state index in [2.05, 4.69) is 22.3 Å². The topological polar surface area (TPSA) is 49.4 Å². The lowest BCUT2D eigenvalue weighted by Crippen LogP contribution is -2.33. The van der Waals surface area contributed by atoms with Gasteiger partial charge in [-0.25, -0.2) is 8.42 Å². The monoisotopic (exact) mass is 338 g/mol. The second kappa shape index (κ2) is 6.58. The van der Waals surface area contributed by atoms with Crippen LogP contribution in [0.3, 0.4) is 0 Å². The maximum absolute atomic E-state index is 11.5. The third kappa shape index (κ3) is 3.54. The molecule has 0 amide bonds. The van der Waals surface area contributed by atoms with E-state index in [1.807, 2.05) is 24.3 Å². The number of hydrogen-bond donors (Lipinski definition) is 1. The molecule has 2 aromatic carbocycles. The molecule has 0 aliphatic carbocycles. The van der Waals surface area contributed by atoms with E-state index in [-0.39, 0.29) is 12.4 Å². The average molecular weight is 339 g/mol. The number of para-hydroxylation sites is 2. The van der Waals surface area contributed by atoms with Crippen molar-refractivity contribution in [3.8, 4) is 0 Å². The van der Waals surface area contributed by atoms with E-state index in [1.165, 1.54) is 11.9 Å². The average Bonchev–Trinajstić information content (AvgIpc) is 2.47. The van der Waals surface area contributed by atoms with Crippen LogP contribution in [-0.4, -0.2) is 27.8 Å². The number of halogens is 1. The SMILES string of the molecule is CS(=O)(=O)c1ccc(CN2CCNc3ccccc32)cc1.Cl. The van der Waals surface area contributed by atoms with Crippen LogP contribution in [0.5, 0.6) is 0 Å². The first-order chi connectivity index (χ1) is 10.0. The van der Waals surface area contributed by atoms with Gasteiger partial charge in [-0.15, -0.1) is 12.4 Å². The lowest BCUT2D eigenvalue weighted by atomic mass is 10.1. The number of nitrogens with zero attached hydrogens (tertiary/aromatic N) is 1. The van der Waals surface area contributed by atoms with Crippen molar-refractivity contribution in [3.05, 3.63) is 54.1 Å². The lowest BCUT2D eigenvalue weighted by Gasteiger charge is -2.32. The molecule has 1 aliphatic heterocycles. The number of anilines is 2. The Bertz CT molecular complexity index is 745. The van der Waals surface area contributed by atoms with Crippen molar-refractivity contribution >= 4 is 33.6 Å². The Balaban J connectivity index is 0.00000176. The van der Waals surface area contributed by atoms with Crippen molar-refractivity contribution in [3.63, 3.8) is 0 Å². The van der Waals surface area contributed by atoms with Crippen molar-refractivity contribution < 1.29 is 8.42 Å². The highest BCUT2D eigenvalue weighted by Crippen LogP contribution is 2.29. The van der Waals surface area contributed by atoms with E-state index in [1.54, 1.807) is 12.1 Å². The number of fused-ring (bicyclic) bond motifs is 1. The Kier molecular flexibility index (Phi) is 4.98. The second-order valence-corrected chi connectivity index (χ2v) is 7.30. The van der Waals surface area contributed by atoms with Gasteiger partial charge >= 0.3 is 0 Å². The molecule has 0 unspecified atom stereocenters. The predicted molar refractivity (Wildman–Crippen MR) is 92.8 cm³/mol. The van der Waals surface area contributed by atoms with Crippen LogP contribution in [0.4, 0.5) is 11.4 Å². The maximum atomic E-state index is 11.5. The molecule has 0 fully saturated rings. The van der Waals surface area contributed by atoms with Crippen molar-refractivity contribution in [1.82, 2.24) is 0 Å². The molecule has 4 nitrogen and oxygen atoms in total. The van der Waals surface area contributed by atoms with Gasteiger partial charge in [0.2, 0.25) is 0 Å². The summed E-state index contributed by atoms with van der Waals surface area (Å²) in [6.07, 6.45) is 1.23. The molecule has 0 atom stereocenters. The van der Waals surface area contributed by atoms with Gasteiger partial charge in [0.25, 0.3) is 0 Å². The normalized spacial score (nSPS) is 13.8. The highest BCUT2D eigenvalue weighted by atomic mass is 35.5. The molecule has 0 bridgehead atoms. The van der Waals surface area contributed by atoms with Crippen LogP contribution < -0.4 is 10.2 Å². The zero-order valence-corrected chi connectivity index (χ0v) is 14.0. The van der Waals surface area contributed by atoms with Crippen LogP contribution in [0, 0.1) is 0 Å².